The zero-order valence-corrected chi connectivity index (χ0v) is 17.1. The summed E-state index contributed by atoms with van der Waals surface area (Å²) in [7, 11) is 0. The van der Waals surface area contributed by atoms with Crippen molar-refractivity contribution in [3.05, 3.63) is 0 Å². The first-order valence-corrected chi connectivity index (χ1v) is 11.0. The van der Waals surface area contributed by atoms with Crippen molar-refractivity contribution >= 4 is 0 Å². The maximum Gasteiger partial charge on any atom is 0.275 e. The topological polar surface area (TPSA) is 121 Å². The standard InChI is InChI=1S/C21H44O6/c22-18-20(24)19(23)16-14-12-10-8-6-4-2-1-3-5-7-9-11-13-15-17-21(25,26)27/h19-20,22-27H,1-18H2. The monoisotopic (exact) mass is 392 g/mol. The summed E-state index contributed by atoms with van der Waals surface area (Å²) in [5.41, 5.74) is 0. The van der Waals surface area contributed by atoms with Crippen LogP contribution in [-0.2, 0) is 0 Å². The van der Waals surface area contributed by atoms with E-state index in [1.165, 1.54) is 64.2 Å². The minimum absolute atomic E-state index is 0.0296. The molecule has 0 saturated heterocycles. The van der Waals surface area contributed by atoms with Crippen molar-refractivity contribution in [2.75, 3.05) is 6.61 Å². The molecule has 0 aliphatic heterocycles. The molecular weight excluding hydrogens is 348 g/mol. The van der Waals surface area contributed by atoms with E-state index in [0.29, 0.717) is 12.8 Å². The average Bonchev–Trinajstić information content (AvgIpc) is 2.62. The number of unbranched alkanes of at least 4 members (excludes halogenated alkanes) is 14. The zero-order valence-electron chi connectivity index (χ0n) is 17.1. The van der Waals surface area contributed by atoms with Crippen LogP contribution in [0.15, 0.2) is 0 Å². The van der Waals surface area contributed by atoms with Gasteiger partial charge in [-0.1, -0.05) is 89.9 Å². The molecule has 0 aromatic rings. The Hall–Kier alpha value is -0.240. The van der Waals surface area contributed by atoms with E-state index in [9.17, 15) is 10.2 Å². The Morgan fingerprint density at radius 3 is 1.15 bits per heavy atom. The van der Waals surface area contributed by atoms with Crippen molar-refractivity contribution in [3.8, 4) is 0 Å². The molecule has 6 N–H and O–H groups in total. The number of aliphatic hydroxyl groups excluding tert-OH is 3. The predicted molar refractivity (Wildman–Crippen MR) is 107 cm³/mol. The van der Waals surface area contributed by atoms with Crippen LogP contribution in [0.25, 0.3) is 0 Å². The summed E-state index contributed by atoms with van der Waals surface area (Å²) < 4.78 is 0. The second-order valence-electron chi connectivity index (χ2n) is 7.93. The maximum atomic E-state index is 9.52. The van der Waals surface area contributed by atoms with Gasteiger partial charge in [-0.2, -0.15) is 0 Å². The van der Waals surface area contributed by atoms with Gasteiger partial charge in [0.05, 0.1) is 12.7 Å². The van der Waals surface area contributed by atoms with E-state index in [1.54, 1.807) is 0 Å². The Balaban J connectivity index is 3.13. The lowest BCUT2D eigenvalue weighted by Gasteiger charge is -2.14. The van der Waals surface area contributed by atoms with Crippen molar-refractivity contribution in [1.82, 2.24) is 0 Å². The van der Waals surface area contributed by atoms with E-state index in [1.807, 2.05) is 0 Å². The summed E-state index contributed by atoms with van der Waals surface area (Å²) in [4.78, 5) is 0. The highest BCUT2D eigenvalue weighted by Crippen LogP contribution is 2.15. The van der Waals surface area contributed by atoms with E-state index in [-0.39, 0.29) is 13.0 Å². The Morgan fingerprint density at radius 1 is 0.481 bits per heavy atom. The normalized spacial score (nSPS) is 14.4. The molecule has 2 unspecified atom stereocenters. The van der Waals surface area contributed by atoms with Gasteiger partial charge in [0, 0.05) is 6.42 Å². The van der Waals surface area contributed by atoms with Crippen LogP contribution < -0.4 is 0 Å². The van der Waals surface area contributed by atoms with Crippen LogP contribution in [-0.4, -0.2) is 55.4 Å². The molecule has 0 bridgehead atoms. The molecule has 6 nitrogen and oxygen atoms in total. The van der Waals surface area contributed by atoms with Crippen LogP contribution in [0.4, 0.5) is 0 Å². The van der Waals surface area contributed by atoms with Crippen LogP contribution >= 0.6 is 0 Å². The second-order valence-corrected chi connectivity index (χ2v) is 7.93. The van der Waals surface area contributed by atoms with Gasteiger partial charge in [-0.05, 0) is 12.8 Å². The van der Waals surface area contributed by atoms with Crippen LogP contribution in [0.3, 0.4) is 0 Å². The molecule has 0 rings (SSSR count). The third kappa shape index (κ3) is 20.3. The van der Waals surface area contributed by atoms with Crippen molar-refractivity contribution in [2.24, 2.45) is 0 Å². The number of hydrogen-bond donors (Lipinski definition) is 6. The lowest BCUT2D eigenvalue weighted by Crippen LogP contribution is -2.28. The first-order chi connectivity index (χ1) is 12.9. The highest BCUT2D eigenvalue weighted by atomic mass is 16.7. The van der Waals surface area contributed by atoms with Gasteiger partial charge in [0.2, 0.25) is 0 Å². The molecule has 0 heterocycles. The second kappa shape index (κ2) is 17.8. The number of aliphatic hydroxyl groups is 6. The fourth-order valence-corrected chi connectivity index (χ4v) is 3.33. The summed E-state index contributed by atoms with van der Waals surface area (Å²) >= 11 is 0. The smallest absolute Gasteiger partial charge is 0.275 e. The fourth-order valence-electron chi connectivity index (χ4n) is 3.33. The van der Waals surface area contributed by atoms with Gasteiger partial charge in [0.1, 0.15) is 6.10 Å². The Morgan fingerprint density at radius 2 is 0.815 bits per heavy atom. The lowest BCUT2D eigenvalue weighted by molar-refractivity contribution is -0.315. The molecule has 164 valence electrons. The van der Waals surface area contributed by atoms with Crippen molar-refractivity contribution in [1.29, 1.82) is 0 Å². The minimum Gasteiger partial charge on any atom is -0.394 e. The summed E-state index contributed by atoms with van der Waals surface area (Å²) in [6.07, 6.45) is 16.0. The van der Waals surface area contributed by atoms with Gasteiger partial charge >= 0.3 is 0 Å². The molecule has 0 aromatic heterocycles. The van der Waals surface area contributed by atoms with Crippen LogP contribution in [0.1, 0.15) is 109 Å². The average molecular weight is 393 g/mol. The lowest BCUT2D eigenvalue weighted by atomic mass is 10.0. The summed E-state index contributed by atoms with van der Waals surface area (Å²) in [5, 5.41) is 53.8. The quantitative estimate of drug-likeness (QED) is 0.140. The Kier molecular flexibility index (Phi) is 17.7. The number of hydrogen-bond acceptors (Lipinski definition) is 6. The molecule has 0 aromatic carbocycles. The highest BCUT2D eigenvalue weighted by Gasteiger charge is 2.16. The van der Waals surface area contributed by atoms with Crippen LogP contribution in [0, 0.1) is 0 Å². The number of rotatable bonds is 20. The SMILES string of the molecule is OCC(O)C(O)CCCCCCCCCCCCCCCCCC(O)(O)O. The van der Waals surface area contributed by atoms with E-state index in [4.69, 9.17) is 20.4 Å². The molecule has 0 spiro atoms. The molecule has 27 heavy (non-hydrogen) atoms. The summed E-state index contributed by atoms with van der Waals surface area (Å²) in [6, 6.07) is 0. The van der Waals surface area contributed by atoms with Gasteiger partial charge in [-0.25, -0.2) is 0 Å². The largest absolute Gasteiger partial charge is 0.394 e. The third-order valence-corrected chi connectivity index (χ3v) is 5.14. The van der Waals surface area contributed by atoms with Gasteiger partial charge < -0.3 is 30.6 Å². The molecule has 0 radical (unpaired) electrons. The first-order valence-electron chi connectivity index (χ1n) is 11.0. The van der Waals surface area contributed by atoms with E-state index >= 15 is 0 Å². The molecule has 0 aliphatic rings. The van der Waals surface area contributed by atoms with E-state index in [2.05, 4.69) is 0 Å². The zero-order chi connectivity index (χ0) is 20.4. The molecule has 2 atom stereocenters. The van der Waals surface area contributed by atoms with Crippen molar-refractivity contribution in [2.45, 2.75) is 127 Å². The Labute approximate surface area is 165 Å². The maximum absolute atomic E-state index is 9.52. The third-order valence-electron chi connectivity index (χ3n) is 5.14. The minimum atomic E-state index is -2.49. The van der Waals surface area contributed by atoms with E-state index in [0.717, 1.165) is 25.7 Å². The predicted octanol–water partition coefficient (Wildman–Crippen LogP) is 2.96. The molecule has 0 saturated carbocycles. The fraction of sp³-hybridized carbons (Fsp3) is 1.00. The van der Waals surface area contributed by atoms with Crippen LogP contribution in [0.5, 0.6) is 0 Å². The Bertz CT molecular complexity index is 306. The summed E-state index contributed by atoms with van der Waals surface area (Å²) in [6.45, 7) is -0.373. The molecule has 0 fully saturated rings. The van der Waals surface area contributed by atoms with Gasteiger partial charge in [0.25, 0.3) is 5.97 Å². The van der Waals surface area contributed by atoms with Gasteiger partial charge in [-0.15, -0.1) is 0 Å². The molecular formula is C21H44O6. The van der Waals surface area contributed by atoms with Gasteiger partial charge in [0.15, 0.2) is 0 Å². The van der Waals surface area contributed by atoms with Gasteiger partial charge in [-0.3, -0.25) is 0 Å². The molecule has 0 amide bonds. The molecule has 6 heteroatoms. The van der Waals surface area contributed by atoms with Crippen LogP contribution in [0.2, 0.25) is 0 Å². The first kappa shape index (κ1) is 26.8. The van der Waals surface area contributed by atoms with Crippen molar-refractivity contribution < 1.29 is 30.6 Å². The van der Waals surface area contributed by atoms with Crippen molar-refractivity contribution in [3.63, 3.8) is 0 Å². The summed E-state index contributed by atoms with van der Waals surface area (Å²) in [5.74, 6) is -2.49. The van der Waals surface area contributed by atoms with E-state index < -0.39 is 18.2 Å². The highest BCUT2D eigenvalue weighted by molar-refractivity contribution is 4.65. The molecule has 0 aliphatic carbocycles.